The third kappa shape index (κ3) is 4.34. The van der Waals surface area contributed by atoms with E-state index in [1.165, 1.54) is 25.7 Å². The van der Waals surface area contributed by atoms with Gasteiger partial charge in [0.2, 0.25) is 0 Å². The molecule has 0 aromatic rings. The molecule has 78 valence electrons. The van der Waals surface area contributed by atoms with Crippen molar-refractivity contribution in [2.24, 2.45) is 5.73 Å². The topological polar surface area (TPSA) is 38.0 Å². The number of hydrogen-bond acceptors (Lipinski definition) is 3. The summed E-state index contributed by atoms with van der Waals surface area (Å²) in [6.07, 6.45) is 8.84. The number of hydrogen-bond donors (Lipinski definition) is 2. The monoisotopic (exact) mass is 202 g/mol. The average molecular weight is 202 g/mol. The van der Waals surface area contributed by atoms with E-state index < -0.39 is 0 Å². The van der Waals surface area contributed by atoms with Crippen LogP contribution in [0.4, 0.5) is 0 Å². The Morgan fingerprint density at radius 2 is 2.00 bits per heavy atom. The smallest absolute Gasteiger partial charge is 0.00678 e. The van der Waals surface area contributed by atoms with Crippen molar-refractivity contribution in [1.29, 1.82) is 0 Å². The first-order chi connectivity index (χ1) is 6.36. The van der Waals surface area contributed by atoms with E-state index in [0.29, 0.717) is 0 Å². The second-order valence-corrected chi connectivity index (χ2v) is 4.94. The van der Waals surface area contributed by atoms with E-state index >= 15 is 0 Å². The van der Waals surface area contributed by atoms with E-state index in [1.54, 1.807) is 0 Å². The zero-order valence-electron chi connectivity index (χ0n) is 8.59. The van der Waals surface area contributed by atoms with Crippen molar-refractivity contribution in [1.82, 2.24) is 5.32 Å². The van der Waals surface area contributed by atoms with Crippen molar-refractivity contribution in [2.75, 3.05) is 19.3 Å². The van der Waals surface area contributed by atoms with Crippen LogP contribution in [0.5, 0.6) is 0 Å². The van der Waals surface area contributed by atoms with Gasteiger partial charge in [0.15, 0.2) is 0 Å². The van der Waals surface area contributed by atoms with Crippen LogP contribution in [0.25, 0.3) is 0 Å². The molecule has 1 fully saturated rings. The quantitative estimate of drug-likeness (QED) is 0.665. The van der Waals surface area contributed by atoms with Crippen molar-refractivity contribution in [2.45, 2.75) is 43.4 Å². The van der Waals surface area contributed by atoms with Crippen LogP contribution in [0.15, 0.2) is 0 Å². The Hall–Kier alpha value is 0.270. The molecule has 0 radical (unpaired) electrons. The minimum absolute atomic E-state index is 0.773. The lowest BCUT2D eigenvalue weighted by Crippen LogP contribution is -2.35. The van der Waals surface area contributed by atoms with Crippen LogP contribution in [0, 0.1) is 0 Å². The molecule has 1 rings (SSSR count). The maximum atomic E-state index is 5.44. The Balaban J connectivity index is 2.03. The van der Waals surface area contributed by atoms with Crippen LogP contribution in [0.1, 0.15) is 32.1 Å². The Labute approximate surface area is 86.0 Å². The van der Waals surface area contributed by atoms with Gasteiger partial charge in [-0.1, -0.05) is 0 Å². The van der Waals surface area contributed by atoms with Crippen LogP contribution in [0.2, 0.25) is 0 Å². The normalized spacial score (nSPS) is 29.1. The lowest BCUT2D eigenvalue weighted by molar-refractivity contribution is 0.379. The van der Waals surface area contributed by atoms with E-state index in [1.807, 2.05) is 11.8 Å². The van der Waals surface area contributed by atoms with Gasteiger partial charge in [-0.05, 0) is 51.4 Å². The van der Waals surface area contributed by atoms with Crippen LogP contribution in [-0.4, -0.2) is 30.6 Å². The van der Waals surface area contributed by atoms with Gasteiger partial charge < -0.3 is 11.1 Å². The molecule has 1 aliphatic carbocycles. The third-order valence-electron chi connectivity index (χ3n) is 2.82. The highest BCUT2D eigenvalue weighted by Gasteiger charge is 2.19. The first kappa shape index (κ1) is 11.3. The van der Waals surface area contributed by atoms with Gasteiger partial charge >= 0.3 is 0 Å². The number of rotatable bonds is 5. The summed E-state index contributed by atoms with van der Waals surface area (Å²) in [7, 11) is 0. The van der Waals surface area contributed by atoms with Crippen LogP contribution in [0.3, 0.4) is 0 Å². The molecular weight excluding hydrogens is 180 g/mol. The first-order valence-corrected chi connectivity index (χ1v) is 6.62. The summed E-state index contributed by atoms with van der Waals surface area (Å²) in [6, 6.07) is 0.773. The molecule has 0 saturated heterocycles. The van der Waals surface area contributed by atoms with Crippen molar-refractivity contribution < 1.29 is 0 Å². The molecule has 2 nitrogen and oxygen atoms in total. The van der Waals surface area contributed by atoms with Gasteiger partial charge in [-0.15, -0.1) is 0 Å². The van der Waals surface area contributed by atoms with Gasteiger partial charge in [0, 0.05) is 11.3 Å². The lowest BCUT2D eigenvalue weighted by Gasteiger charge is -2.28. The van der Waals surface area contributed by atoms with Crippen LogP contribution >= 0.6 is 11.8 Å². The average Bonchev–Trinajstić information content (AvgIpc) is 2.19. The zero-order chi connectivity index (χ0) is 9.52. The molecule has 0 bridgehead atoms. The molecule has 0 aromatic heterocycles. The van der Waals surface area contributed by atoms with Crippen molar-refractivity contribution >= 4 is 11.8 Å². The molecule has 0 aromatic carbocycles. The van der Waals surface area contributed by atoms with Gasteiger partial charge in [0.25, 0.3) is 0 Å². The standard InChI is InChI=1S/C10H22N2S/c1-13-10-5-3-9(4-6-10)12-8-2-7-11/h9-10,12H,2-8,11H2,1H3. The van der Waals surface area contributed by atoms with Crippen molar-refractivity contribution in [3.63, 3.8) is 0 Å². The summed E-state index contributed by atoms with van der Waals surface area (Å²) in [5.74, 6) is 0. The summed E-state index contributed by atoms with van der Waals surface area (Å²) < 4.78 is 0. The fourth-order valence-corrected chi connectivity index (χ4v) is 2.65. The Kier molecular flexibility index (Phi) is 5.83. The Morgan fingerprint density at radius 3 is 2.54 bits per heavy atom. The van der Waals surface area contributed by atoms with Crippen LogP contribution in [-0.2, 0) is 0 Å². The number of nitrogens with two attached hydrogens (primary N) is 1. The van der Waals surface area contributed by atoms with Gasteiger partial charge in [-0.25, -0.2) is 0 Å². The molecule has 0 aliphatic heterocycles. The molecule has 3 N–H and O–H groups in total. The largest absolute Gasteiger partial charge is 0.330 e. The summed E-state index contributed by atoms with van der Waals surface area (Å²) in [5.41, 5.74) is 5.44. The molecule has 0 unspecified atom stereocenters. The first-order valence-electron chi connectivity index (χ1n) is 5.33. The minimum atomic E-state index is 0.773. The number of thioether (sulfide) groups is 1. The van der Waals surface area contributed by atoms with Crippen LogP contribution < -0.4 is 11.1 Å². The maximum absolute atomic E-state index is 5.44. The molecule has 3 heteroatoms. The zero-order valence-corrected chi connectivity index (χ0v) is 9.41. The molecule has 0 amide bonds. The highest BCUT2D eigenvalue weighted by molar-refractivity contribution is 7.99. The molecule has 0 atom stereocenters. The fourth-order valence-electron chi connectivity index (χ4n) is 1.91. The second-order valence-electron chi connectivity index (χ2n) is 3.81. The van der Waals surface area contributed by atoms with Gasteiger partial charge in [0.1, 0.15) is 0 Å². The highest BCUT2D eigenvalue weighted by Crippen LogP contribution is 2.26. The van der Waals surface area contributed by atoms with E-state index in [9.17, 15) is 0 Å². The van der Waals surface area contributed by atoms with Gasteiger partial charge in [-0.3, -0.25) is 0 Å². The second kappa shape index (κ2) is 6.68. The summed E-state index contributed by atoms with van der Waals surface area (Å²) >= 11 is 2.03. The molecule has 1 aliphatic rings. The Bertz CT molecular complexity index is 119. The maximum Gasteiger partial charge on any atom is 0.00678 e. The fraction of sp³-hybridized carbons (Fsp3) is 1.00. The van der Waals surface area contributed by atoms with Crippen molar-refractivity contribution in [3.8, 4) is 0 Å². The van der Waals surface area contributed by atoms with E-state index in [2.05, 4.69) is 11.6 Å². The summed E-state index contributed by atoms with van der Waals surface area (Å²) in [4.78, 5) is 0. The number of nitrogens with one attached hydrogen (secondary N) is 1. The van der Waals surface area contributed by atoms with E-state index in [0.717, 1.165) is 30.8 Å². The lowest BCUT2D eigenvalue weighted by atomic mass is 9.95. The van der Waals surface area contributed by atoms with E-state index in [4.69, 9.17) is 5.73 Å². The molecule has 1 saturated carbocycles. The van der Waals surface area contributed by atoms with Gasteiger partial charge in [-0.2, -0.15) is 11.8 Å². The summed E-state index contributed by atoms with van der Waals surface area (Å²) in [6.45, 7) is 1.91. The van der Waals surface area contributed by atoms with Crippen molar-refractivity contribution in [3.05, 3.63) is 0 Å². The molecule has 13 heavy (non-hydrogen) atoms. The van der Waals surface area contributed by atoms with Gasteiger partial charge in [0.05, 0.1) is 0 Å². The SMILES string of the molecule is CSC1CCC(NCCCN)CC1. The highest BCUT2D eigenvalue weighted by atomic mass is 32.2. The molecular formula is C10H22N2S. The van der Waals surface area contributed by atoms with E-state index in [-0.39, 0.29) is 0 Å². The summed E-state index contributed by atoms with van der Waals surface area (Å²) in [5, 5.41) is 4.50. The Morgan fingerprint density at radius 1 is 1.31 bits per heavy atom. The predicted octanol–water partition coefficient (Wildman–Crippen LogP) is 1.60. The minimum Gasteiger partial charge on any atom is -0.330 e. The molecule has 0 spiro atoms. The third-order valence-corrected chi connectivity index (χ3v) is 3.96. The molecule has 0 heterocycles. The predicted molar refractivity (Wildman–Crippen MR) is 61.2 cm³/mol.